The minimum absolute atomic E-state index is 0.308. The Labute approximate surface area is 129 Å². The van der Waals surface area contributed by atoms with Crippen molar-refractivity contribution in [2.45, 2.75) is 25.7 Å². The van der Waals surface area contributed by atoms with Gasteiger partial charge in [0.15, 0.2) is 0 Å². The Hall–Kier alpha value is -0.580. The average molecular weight is 313 g/mol. The zero-order chi connectivity index (χ0) is 13.9. The lowest BCUT2D eigenvalue weighted by molar-refractivity contribution is -0.131. The summed E-state index contributed by atoms with van der Waals surface area (Å²) < 4.78 is 0. The van der Waals surface area contributed by atoms with Gasteiger partial charge in [0.05, 0.1) is 5.02 Å². The van der Waals surface area contributed by atoms with Crippen molar-refractivity contribution in [1.29, 1.82) is 0 Å². The van der Waals surface area contributed by atoms with Gasteiger partial charge in [-0.1, -0.05) is 11.6 Å². The molecule has 2 atom stereocenters. The van der Waals surface area contributed by atoms with Gasteiger partial charge in [-0.3, -0.25) is 4.79 Å². The molecule has 3 nitrogen and oxygen atoms in total. The highest BCUT2D eigenvalue weighted by Crippen LogP contribution is 2.27. The Balaban J connectivity index is 1.49. The maximum Gasteiger partial charge on any atom is 0.222 e. The van der Waals surface area contributed by atoms with Crippen molar-refractivity contribution in [1.82, 2.24) is 10.2 Å². The van der Waals surface area contributed by atoms with Crippen LogP contribution in [0.1, 0.15) is 24.1 Å². The van der Waals surface area contributed by atoms with E-state index in [0.29, 0.717) is 12.3 Å². The summed E-state index contributed by atoms with van der Waals surface area (Å²) in [5.74, 6) is 1.87. The van der Waals surface area contributed by atoms with Gasteiger partial charge in [0, 0.05) is 29.8 Å². The number of nitrogens with one attached hydrogen (secondary N) is 1. The number of amides is 1. The van der Waals surface area contributed by atoms with Crippen LogP contribution in [0.3, 0.4) is 0 Å². The molecule has 0 aliphatic carbocycles. The van der Waals surface area contributed by atoms with Crippen LogP contribution in [0, 0.1) is 11.8 Å². The van der Waals surface area contributed by atoms with Gasteiger partial charge >= 0.3 is 0 Å². The number of hydrogen-bond donors (Lipinski definition) is 1. The Morgan fingerprint density at radius 2 is 2.05 bits per heavy atom. The van der Waals surface area contributed by atoms with E-state index < -0.39 is 0 Å². The number of fused-ring (bicyclic) bond motifs is 1. The fourth-order valence-electron chi connectivity index (χ4n) is 3.34. The van der Waals surface area contributed by atoms with Crippen LogP contribution < -0.4 is 5.32 Å². The van der Waals surface area contributed by atoms with Crippen molar-refractivity contribution in [3.63, 3.8) is 0 Å². The van der Waals surface area contributed by atoms with Gasteiger partial charge in [-0.25, -0.2) is 0 Å². The normalized spacial score (nSPS) is 26.4. The second-order valence-electron chi connectivity index (χ2n) is 5.87. The van der Waals surface area contributed by atoms with Gasteiger partial charge in [-0.05, 0) is 50.3 Å². The van der Waals surface area contributed by atoms with Crippen LogP contribution in [0.25, 0.3) is 0 Å². The number of carbonyl (C=O) groups is 1. The molecular weight excluding hydrogens is 292 g/mol. The maximum atomic E-state index is 12.3. The first-order valence-corrected chi connectivity index (χ1v) is 8.69. The van der Waals surface area contributed by atoms with Crippen molar-refractivity contribution in [3.05, 3.63) is 21.3 Å². The third-order valence-corrected chi connectivity index (χ3v) is 5.92. The second-order valence-corrected chi connectivity index (χ2v) is 7.30. The number of carbonyl (C=O) groups excluding carboxylic acids is 1. The van der Waals surface area contributed by atoms with E-state index in [1.165, 1.54) is 4.88 Å². The predicted octanol–water partition coefficient (Wildman–Crippen LogP) is 2.79. The third-order valence-electron chi connectivity index (χ3n) is 4.58. The molecule has 1 N–H and O–H groups in total. The fraction of sp³-hybridized carbons (Fsp3) is 0.667. The molecule has 2 aliphatic rings. The number of halogens is 1. The Kier molecular flexibility index (Phi) is 4.64. The fourth-order valence-corrected chi connectivity index (χ4v) is 4.42. The molecule has 2 saturated heterocycles. The number of hydrogen-bond acceptors (Lipinski definition) is 3. The topological polar surface area (TPSA) is 32.3 Å². The van der Waals surface area contributed by atoms with Gasteiger partial charge in [-0.15, -0.1) is 11.3 Å². The Morgan fingerprint density at radius 1 is 1.35 bits per heavy atom. The van der Waals surface area contributed by atoms with Crippen LogP contribution in [-0.2, 0) is 11.2 Å². The van der Waals surface area contributed by atoms with E-state index in [4.69, 9.17) is 11.6 Å². The molecule has 1 aromatic heterocycles. The summed E-state index contributed by atoms with van der Waals surface area (Å²) in [6.45, 7) is 4.15. The molecule has 0 bridgehead atoms. The van der Waals surface area contributed by atoms with Crippen molar-refractivity contribution >= 4 is 28.8 Å². The van der Waals surface area contributed by atoms with Crippen molar-refractivity contribution < 1.29 is 4.79 Å². The Morgan fingerprint density at radius 3 is 2.65 bits per heavy atom. The van der Waals surface area contributed by atoms with Crippen LogP contribution in [0.4, 0.5) is 0 Å². The molecule has 0 saturated carbocycles. The highest BCUT2D eigenvalue weighted by atomic mass is 35.5. The lowest BCUT2D eigenvalue weighted by atomic mass is 9.92. The molecule has 0 spiro atoms. The van der Waals surface area contributed by atoms with Gasteiger partial charge in [0.1, 0.15) is 0 Å². The molecule has 0 unspecified atom stereocenters. The molecule has 110 valence electrons. The van der Waals surface area contributed by atoms with Crippen LogP contribution in [0.15, 0.2) is 11.4 Å². The number of nitrogens with zero attached hydrogens (tertiary/aromatic N) is 1. The summed E-state index contributed by atoms with van der Waals surface area (Å²) in [7, 11) is 0. The van der Waals surface area contributed by atoms with E-state index in [1.54, 1.807) is 11.3 Å². The molecule has 0 aromatic carbocycles. The van der Waals surface area contributed by atoms with Gasteiger partial charge in [0.2, 0.25) is 5.91 Å². The quantitative estimate of drug-likeness (QED) is 0.931. The number of rotatable bonds is 3. The highest BCUT2D eigenvalue weighted by Gasteiger charge is 2.31. The van der Waals surface area contributed by atoms with Crippen molar-refractivity contribution in [3.8, 4) is 0 Å². The third kappa shape index (κ3) is 3.35. The van der Waals surface area contributed by atoms with E-state index in [1.807, 2.05) is 11.4 Å². The number of thiophene rings is 1. The van der Waals surface area contributed by atoms with E-state index >= 15 is 0 Å². The smallest absolute Gasteiger partial charge is 0.222 e. The molecule has 1 amide bonds. The van der Waals surface area contributed by atoms with E-state index in [9.17, 15) is 4.79 Å². The number of likely N-dealkylation sites (tertiary alicyclic amines) is 1. The summed E-state index contributed by atoms with van der Waals surface area (Å²) in [4.78, 5) is 15.6. The minimum Gasteiger partial charge on any atom is -0.343 e. The van der Waals surface area contributed by atoms with Crippen LogP contribution >= 0.6 is 22.9 Å². The lowest BCUT2D eigenvalue weighted by Gasteiger charge is -2.20. The van der Waals surface area contributed by atoms with Crippen LogP contribution in [0.5, 0.6) is 0 Å². The molecule has 5 heteroatoms. The minimum atomic E-state index is 0.308. The SMILES string of the molecule is O=C(CCc1cc(Cl)cs1)N1CC[C@@H]2CNC[C@@H]2CC1. The zero-order valence-electron chi connectivity index (χ0n) is 11.6. The largest absolute Gasteiger partial charge is 0.343 e. The second kappa shape index (κ2) is 6.46. The first-order valence-electron chi connectivity index (χ1n) is 7.44. The molecule has 3 rings (SSSR count). The molecule has 2 fully saturated rings. The molecule has 3 heterocycles. The molecule has 20 heavy (non-hydrogen) atoms. The first-order chi connectivity index (χ1) is 9.72. The maximum absolute atomic E-state index is 12.3. The van der Waals surface area contributed by atoms with Gasteiger partial charge in [-0.2, -0.15) is 0 Å². The predicted molar refractivity (Wildman–Crippen MR) is 83.3 cm³/mol. The summed E-state index contributed by atoms with van der Waals surface area (Å²) in [6.07, 6.45) is 3.76. The van der Waals surface area contributed by atoms with Crippen LogP contribution in [0.2, 0.25) is 5.02 Å². The highest BCUT2D eigenvalue weighted by molar-refractivity contribution is 7.10. The summed E-state index contributed by atoms with van der Waals surface area (Å²) in [5, 5.41) is 6.19. The Bertz CT molecular complexity index is 462. The number of aryl methyl sites for hydroxylation is 1. The van der Waals surface area contributed by atoms with E-state index in [0.717, 1.165) is 62.3 Å². The average Bonchev–Trinajstić information content (AvgIpc) is 3.01. The van der Waals surface area contributed by atoms with Gasteiger partial charge < -0.3 is 10.2 Å². The molecule has 1 aromatic rings. The monoisotopic (exact) mass is 312 g/mol. The summed E-state index contributed by atoms with van der Waals surface area (Å²) in [5.41, 5.74) is 0. The molecule has 0 radical (unpaired) electrons. The van der Waals surface area contributed by atoms with Gasteiger partial charge in [0.25, 0.3) is 0 Å². The molecule has 2 aliphatic heterocycles. The molecular formula is C15H21ClN2OS. The zero-order valence-corrected chi connectivity index (χ0v) is 13.2. The van der Waals surface area contributed by atoms with Crippen molar-refractivity contribution in [2.24, 2.45) is 11.8 Å². The lowest BCUT2D eigenvalue weighted by Crippen LogP contribution is -2.32. The van der Waals surface area contributed by atoms with Crippen LogP contribution in [-0.4, -0.2) is 37.0 Å². The standard InChI is InChI=1S/C15H21ClN2OS/c16-13-7-14(20-10-13)1-2-15(19)18-5-3-11-8-17-9-12(11)4-6-18/h7,10-12,17H,1-6,8-9H2/t11-,12+. The van der Waals surface area contributed by atoms with Crippen molar-refractivity contribution in [2.75, 3.05) is 26.2 Å². The van der Waals surface area contributed by atoms with E-state index in [2.05, 4.69) is 10.2 Å². The van der Waals surface area contributed by atoms with E-state index in [-0.39, 0.29) is 0 Å². The summed E-state index contributed by atoms with van der Waals surface area (Å²) >= 11 is 7.55. The summed E-state index contributed by atoms with van der Waals surface area (Å²) in [6, 6.07) is 1.97. The first kappa shape index (κ1) is 14.4.